The highest BCUT2D eigenvalue weighted by molar-refractivity contribution is 5.96. The molecule has 0 saturated heterocycles. The van der Waals surface area contributed by atoms with E-state index in [0.717, 1.165) is 18.1 Å². The summed E-state index contributed by atoms with van der Waals surface area (Å²) in [5, 5.41) is 0. The summed E-state index contributed by atoms with van der Waals surface area (Å²) in [7, 11) is 1.68. The molecule has 3 atom stereocenters. The fourth-order valence-corrected chi connectivity index (χ4v) is 5.45. The summed E-state index contributed by atoms with van der Waals surface area (Å²) >= 11 is 0. The lowest BCUT2D eigenvalue weighted by molar-refractivity contribution is -0.137. The molecule has 0 aliphatic heterocycles. The number of hydrogen-bond acceptors (Lipinski definition) is 5. The first-order chi connectivity index (χ1) is 15.6. The molecule has 1 saturated carbocycles. The highest BCUT2D eigenvalue weighted by Crippen LogP contribution is 2.73. The molecule has 33 heavy (non-hydrogen) atoms. The van der Waals surface area contributed by atoms with Crippen LogP contribution in [0, 0.1) is 5.41 Å². The van der Waals surface area contributed by atoms with Gasteiger partial charge in [0.1, 0.15) is 22.5 Å². The predicted molar refractivity (Wildman–Crippen MR) is 114 cm³/mol. The Morgan fingerprint density at radius 2 is 2.00 bits per heavy atom. The van der Waals surface area contributed by atoms with Gasteiger partial charge in [0.2, 0.25) is 0 Å². The third kappa shape index (κ3) is 2.69. The molecule has 1 unspecified atom stereocenters. The number of alkyl halides is 3. The van der Waals surface area contributed by atoms with E-state index in [9.17, 15) is 18.0 Å². The molecular weight excluding hydrogens is 433 g/mol. The van der Waals surface area contributed by atoms with Crippen molar-refractivity contribution in [3.05, 3.63) is 65.4 Å². The predicted octanol–water partition coefficient (Wildman–Crippen LogP) is 4.20. The van der Waals surface area contributed by atoms with Crippen molar-refractivity contribution in [3.63, 3.8) is 0 Å². The van der Waals surface area contributed by atoms with Gasteiger partial charge in [0, 0.05) is 7.05 Å². The van der Waals surface area contributed by atoms with Crippen molar-refractivity contribution in [3.8, 4) is 0 Å². The van der Waals surface area contributed by atoms with Crippen LogP contribution in [0.1, 0.15) is 52.5 Å². The van der Waals surface area contributed by atoms with Crippen molar-refractivity contribution >= 4 is 28.3 Å². The normalized spacial score (nSPS) is 23.5. The van der Waals surface area contributed by atoms with E-state index in [0.29, 0.717) is 27.9 Å². The van der Waals surface area contributed by atoms with Crippen LogP contribution in [0.4, 0.5) is 19.0 Å². The van der Waals surface area contributed by atoms with Crippen LogP contribution >= 0.6 is 0 Å². The SMILES string of the molecule is CN(C(=O)c1cc2c(cn1)nc(N)c1cncn12)[C@H]1c2ccc(C(F)(F)F)cc2[C@H]2CC21C. The summed E-state index contributed by atoms with van der Waals surface area (Å²) in [4.78, 5) is 27.8. The average Bonchev–Trinajstić information content (AvgIpc) is 3.13. The minimum Gasteiger partial charge on any atom is -0.382 e. The van der Waals surface area contributed by atoms with Gasteiger partial charge in [-0.2, -0.15) is 13.2 Å². The number of pyridine rings is 1. The third-order valence-corrected chi connectivity index (χ3v) is 7.18. The molecule has 2 aliphatic carbocycles. The summed E-state index contributed by atoms with van der Waals surface area (Å²) in [5.74, 6) is 0.00968. The number of hydrogen-bond donors (Lipinski definition) is 1. The summed E-state index contributed by atoms with van der Waals surface area (Å²) in [6.45, 7) is 2.02. The first-order valence-electron chi connectivity index (χ1n) is 10.4. The van der Waals surface area contributed by atoms with Gasteiger partial charge in [0.05, 0.1) is 35.8 Å². The number of carbonyl (C=O) groups is 1. The number of amides is 1. The molecule has 0 bridgehead atoms. The molecule has 168 valence electrons. The number of nitrogens with two attached hydrogens (primary N) is 1. The maximum Gasteiger partial charge on any atom is 0.416 e. The van der Waals surface area contributed by atoms with E-state index in [1.54, 1.807) is 34.9 Å². The number of nitrogens with zero attached hydrogens (tertiary/aromatic N) is 5. The third-order valence-electron chi connectivity index (χ3n) is 7.18. The van der Waals surface area contributed by atoms with E-state index in [2.05, 4.69) is 15.0 Å². The highest BCUT2D eigenvalue weighted by atomic mass is 19.4. The molecule has 1 amide bonds. The van der Waals surface area contributed by atoms with Crippen LogP contribution in [0.5, 0.6) is 0 Å². The Morgan fingerprint density at radius 1 is 1.21 bits per heavy atom. The van der Waals surface area contributed by atoms with E-state index in [-0.39, 0.29) is 29.0 Å². The molecule has 6 rings (SSSR count). The summed E-state index contributed by atoms with van der Waals surface area (Å²) in [6, 6.07) is 5.16. The lowest BCUT2D eigenvalue weighted by Gasteiger charge is -2.31. The van der Waals surface area contributed by atoms with Crippen molar-refractivity contribution in [1.29, 1.82) is 0 Å². The van der Waals surface area contributed by atoms with Crippen molar-refractivity contribution in [2.75, 3.05) is 12.8 Å². The quantitative estimate of drug-likeness (QED) is 0.492. The second-order valence-electron chi connectivity index (χ2n) is 9.13. The number of fused-ring (bicyclic) bond motifs is 6. The molecule has 2 N–H and O–H groups in total. The maximum atomic E-state index is 13.5. The Kier molecular flexibility index (Phi) is 3.76. The zero-order valence-corrected chi connectivity index (χ0v) is 17.8. The zero-order valence-electron chi connectivity index (χ0n) is 17.8. The van der Waals surface area contributed by atoms with Crippen molar-refractivity contribution < 1.29 is 18.0 Å². The molecule has 0 spiro atoms. The molecule has 2 aliphatic rings. The van der Waals surface area contributed by atoms with Gasteiger partial charge in [-0.25, -0.2) is 15.0 Å². The molecule has 1 fully saturated rings. The minimum absolute atomic E-state index is 0.0114. The number of anilines is 1. The maximum absolute atomic E-state index is 13.5. The minimum atomic E-state index is -4.40. The Bertz CT molecular complexity index is 1480. The molecule has 3 aromatic heterocycles. The second kappa shape index (κ2) is 6.21. The van der Waals surface area contributed by atoms with Gasteiger partial charge in [-0.15, -0.1) is 0 Å². The second-order valence-corrected chi connectivity index (χ2v) is 9.13. The van der Waals surface area contributed by atoms with E-state index < -0.39 is 11.7 Å². The molecule has 10 heteroatoms. The summed E-state index contributed by atoms with van der Waals surface area (Å²) < 4.78 is 41.5. The zero-order chi connectivity index (χ0) is 23.3. The highest BCUT2D eigenvalue weighted by Gasteiger charge is 2.64. The van der Waals surface area contributed by atoms with E-state index in [1.165, 1.54) is 18.3 Å². The standard InChI is InChI=1S/C23H19F3N6O/c1-22-7-14(22)13-5-11(23(24,25)26)3-4-12(13)19(22)31(2)21(33)15-6-17-16(8-29-15)30-20(27)18-9-28-10-32(17)18/h3-6,8-10,14,19H,7H2,1-2H3,(H2,27,30)/t14-,19+,22?/m1/s1. The topological polar surface area (TPSA) is 89.4 Å². The van der Waals surface area contributed by atoms with E-state index in [1.807, 2.05) is 6.92 Å². The van der Waals surface area contributed by atoms with Crippen LogP contribution in [0.2, 0.25) is 0 Å². The van der Waals surface area contributed by atoms with Crippen LogP contribution < -0.4 is 5.73 Å². The molecule has 1 aromatic carbocycles. The smallest absolute Gasteiger partial charge is 0.382 e. The largest absolute Gasteiger partial charge is 0.416 e. The Balaban J connectivity index is 1.40. The average molecular weight is 452 g/mol. The van der Waals surface area contributed by atoms with Gasteiger partial charge in [0.15, 0.2) is 0 Å². The van der Waals surface area contributed by atoms with Crippen LogP contribution in [0.3, 0.4) is 0 Å². The van der Waals surface area contributed by atoms with Gasteiger partial charge < -0.3 is 10.6 Å². The van der Waals surface area contributed by atoms with Crippen LogP contribution in [-0.4, -0.2) is 37.2 Å². The van der Waals surface area contributed by atoms with Gasteiger partial charge >= 0.3 is 6.18 Å². The Labute approximate surface area is 186 Å². The molecule has 7 nitrogen and oxygen atoms in total. The van der Waals surface area contributed by atoms with Crippen molar-refractivity contribution in [2.45, 2.75) is 31.5 Å². The summed E-state index contributed by atoms with van der Waals surface area (Å²) in [5.41, 5.74) is 8.48. The number of imidazole rings is 1. The van der Waals surface area contributed by atoms with E-state index in [4.69, 9.17) is 5.73 Å². The molecule has 3 heterocycles. The number of carbonyl (C=O) groups excluding carboxylic acids is 1. The number of aromatic nitrogens is 4. The van der Waals surface area contributed by atoms with Crippen LogP contribution in [0.25, 0.3) is 16.6 Å². The fraction of sp³-hybridized carbons (Fsp3) is 0.304. The van der Waals surface area contributed by atoms with Crippen LogP contribution in [-0.2, 0) is 6.18 Å². The lowest BCUT2D eigenvalue weighted by Crippen LogP contribution is -2.35. The van der Waals surface area contributed by atoms with Crippen molar-refractivity contribution in [2.24, 2.45) is 5.41 Å². The number of nitrogen functional groups attached to an aromatic ring is 1. The summed E-state index contributed by atoms with van der Waals surface area (Å²) in [6.07, 6.45) is 1.02. The van der Waals surface area contributed by atoms with Gasteiger partial charge in [-0.3, -0.25) is 9.20 Å². The number of halogens is 3. The molecule has 4 aromatic rings. The van der Waals surface area contributed by atoms with Gasteiger partial charge in [0.25, 0.3) is 5.91 Å². The van der Waals surface area contributed by atoms with Crippen molar-refractivity contribution in [1.82, 2.24) is 24.3 Å². The lowest BCUT2D eigenvalue weighted by atomic mass is 9.93. The van der Waals surface area contributed by atoms with E-state index >= 15 is 0 Å². The molecular formula is C23H19F3N6O. The molecule has 0 radical (unpaired) electrons. The first-order valence-corrected chi connectivity index (χ1v) is 10.4. The fourth-order valence-electron chi connectivity index (χ4n) is 5.45. The monoisotopic (exact) mass is 452 g/mol. The Hall–Kier alpha value is -3.69. The number of rotatable bonds is 2. The van der Waals surface area contributed by atoms with Gasteiger partial charge in [-0.05, 0) is 47.1 Å². The van der Waals surface area contributed by atoms with Gasteiger partial charge in [-0.1, -0.05) is 13.0 Å². The van der Waals surface area contributed by atoms with Crippen LogP contribution in [0.15, 0.2) is 43.0 Å². The first kappa shape index (κ1) is 20.0. The number of benzene rings is 1. The Morgan fingerprint density at radius 3 is 2.76 bits per heavy atom.